The van der Waals surface area contributed by atoms with Crippen LogP contribution in [0.15, 0.2) is 62.0 Å². The lowest BCUT2D eigenvalue weighted by molar-refractivity contribution is 0.455. The molecule has 0 bridgehead atoms. The van der Waals surface area contributed by atoms with Gasteiger partial charge in [-0.15, -0.1) is 0 Å². The summed E-state index contributed by atoms with van der Waals surface area (Å²) < 4.78 is 12.0. The SMILES string of the molecule is Clc1ccc(-c2ccc(CNCc3ccco3)o2)c(Br)c1. The average Bonchev–Trinajstić information content (AvgIpc) is 3.10. The Kier molecular flexibility index (Phi) is 4.48. The Morgan fingerprint density at radius 3 is 2.67 bits per heavy atom. The van der Waals surface area contributed by atoms with Crippen molar-refractivity contribution < 1.29 is 8.83 Å². The van der Waals surface area contributed by atoms with E-state index in [-0.39, 0.29) is 0 Å². The van der Waals surface area contributed by atoms with Crippen molar-refractivity contribution in [2.24, 2.45) is 0 Å². The van der Waals surface area contributed by atoms with Crippen LogP contribution < -0.4 is 5.32 Å². The van der Waals surface area contributed by atoms with E-state index in [4.69, 9.17) is 20.4 Å². The Balaban J connectivity index is 1.65. The molecule has 0 aliphatic rings. The lowest BCUT2D eigenvalue weighted by Crippen LogP contribution is -2.11. The summed E-state index contributed by atoms with van der Waals surface area (Å²) in [6.45, 7) is 1.32. The van der Waals surface area contributed by atoms with Gasteiger partial charge in [-0.25, -0.2) is 0 Å². The Hall–Kier alpha value is -1.49. The third kappa shape index (κ3) is 3.59. The Labute approximate surface area is 136 Å². The van der Waals surface area contributed by atoms with Crippen molar-refractivity contribution in [3.63, 3.8) is 0 Å². The van der Waals surface area contributed by atoms with Gasteiger partial charge >= 0.3 is 0 Å². The van der Waals surface area contributed by atoms with E-state index in [9.17, 15) is 0 Å². The maximum atomic E-state index is 5.95. The highest BCUT2D eigenvalue weighted by Crippen LogP contribution is 2.31. The van der Waals surface area contributed by atoms with Crippen molar-refractivity contribution in [1.82, 2.24) is 5.32 Å². The second-order valence-corrected chi connectivity index (χ2v) is 5.86. The lowest BCUT2D eigenvalue weighted by atomic mass is 10.2. The summed E-state index contributed by atoms with van der Waals surface area (Å²) in [6.07, 6.45) is 1.67. The van der Waals surface area contributed by atoms with Crippen molar-refractivity contribution >= 4 is 27.5 Å². The molecule has 5 heteroatoms. The molecule has 3 rings (SSSR count). The van der Waals surface area contributed by atoms with Gasteiger partial charge in [0, 0.05) is 15.1 Å². The van der Waals surface area contributed by atoms with Crippen molar-refractivity contribution in [1.29, 1.82) is 0 Å². The predicted octanol–water partition coefficient (Wildman–Crippen LogP) is 5.25. The van der Waals surface area contributed by atoms with E-state index in [1.807, 2.05) is 42.5 Å². The molecule has 2 heterocycles. The molecular weight excluding hydrogens is 354 g/mol. The van der Waals surface area contributed by atoms with E-state index in [2.05, 4.69) is 21.2 Å². The summed E-state index contributed by atoms with van der Waals surface area (Å²) in [5.74, 6) is 2.59. The molecular formula is C16H13BrClNO2. The van der Waals surface area contributed by atoms with Crippen LogP contribution in [0, 0.1) is 0 Å². The van der Waals surface area contributed by atoms with Crippen LogP contribution in [-0.4, -0.2) is 0 Å². The van der Waals surface area contributed by atoms with Gasteiger partial charge in [0.15, 0.2) is 0 Å². The lowest BCUT2D eigenvalue weighted by Gasteiger charge is -2.02. The molecule has 1 aromatic carbocycles. The van der Waals surface area contributed by atoms with Crippen LogP contribution in [0.5, 0.6) is 0 Å². The van der Waals surface area contributed by atoms with Gasteiger partial charge in [-0.2, -0.15) is 0 Å². The summed E-state index contributed by atoms with van der Waals surface area (Å²) in [6, 6.07) is 13.4. The Bertz CT molecular complexity index is 722. The minimum atomic E-state index is 0.645. The largest absolute Gasteiger partial charge is 0.468 e. The highest BCUT2D eigenvalue weighted by molar-refractivity contribution is 9.10. The van der Waals surface area contributed by atoms with Gasteiger partial charge < -0.3 is 14.2 Å². The van der Waals surface area contributed by atoms with Crippen LogP contribution in [0.1, 0.15) is 11.5 Å². The van der Waals surface area contributed by atoms with E-state index in [1.54, 1.807) is 6.26 Å². The molecule has 3 aromatic rings. The van der Waals surface area contributed by atoms with Crippen molar-refractivity contribution in [3.8, 4) is 11.3 Å². The number of hydrogen-bond donors (Lipinski definition) is 1. The molecule has 0 radical (unpaired) electrons. The highest BCUT2D eigenvalue weighted by atomic mass is 79.9. The second kappa shape index (κ2) is 6.52. The van der Waals surface area contributed by atoms with Crippen molar-refractivity contribution in [2.75, 3.05) is 0 Å². The third-order valence-corrected chi connectivity index (χ3v) is 3.93. The molecule has 21 heavy (non-hydrogen) atoms. The summed E-state index contributed by atoms with van der Waals surface area (Å²) in [5, 5.41) is 3.96. The molecule has 0 saturated carbocycles. The van der Waals surface area contributed by atoms with E-state index < -0.39 is 0 Å². The molecule has 108 valence electrons. The standard InChI is InChI=1S/C16H13BrClNO2/c17-15-8-11(18)3-5-14(15)16-6-4-13(21-16)10-19-9-12-2-1-7-20-12/h1-8,19H,9-10H2. The molecule has 0 spiro atoms. The summed E-state index contributed by atoms with van der Waals surface area (Å²) >= 11 is 9.45. The van der Waals surface area contributed by atoms with Crippen molar-refractivity contribution in [3.05, 3.63) is 69.7 Å². The zero-order chi connectivity index (χ0) is 14.7. The fraction of sp³-hybridized carbons (Fsp3) is 0.125. The van der Waals surface area contributed by atoms with Gasteiger partial charge in [0.2, 0.25) is 0 Å². The Morgan fingerprint density at radius 1 is 1.05 bits per heavy atom. The van der Waals surface area contributed by atoms with Gasteiger partial charge in [0.25, 0.3) is 0 Å². The molecule has 2 aromatic heterocycles. The highest BCUT2D eigenvalue weighted by Gasteiger charge is 2.09. The molecule has 3 nitrogen and oxygen atoms in total. The van der Waals surface area contributed by atoms with E-state index >= 15 is 0 Å². The molecule has 0 aliphatic carbocycles. The smallest absolute Gasteiger partial charge is 0.135 e. The van der Waals surface area contributed by atoms with Crippen molar-refractivity contribution in [2.45, 2.75) is 13.1 Å². The fourth-order valence-corrected chi connectivity index (χ4v) is 2.91. The zero-order valence-electron chi connectivity index (χ0n) is 11.1. The van der Waals surface area contributed by atoms with Gasteiger partial charge in [0.1, 0.15) is 17.3 Å². The molecule has 1 N–H and O–H groups in total. The van der Waals surface area contributed by atoms with E-state index in [0.29, 0.717) is 18.1 Å². The van der Waals surface area contributed by atoms with E-state index in [1.165, 1.54) is 0 Å². The average molecular weight is 367 g/mol. The molecule has 0 unspecified atom stereocenters. The quantitative estimate of drug-likeness (QED) is 0.670. The van der Waals surface area contributed by atoms with Crippen LogP contribution in [0.4, 0.5) is 0 Å². The monoisotopic (exact) mass is 365 g/mol. The maximum absolute atomic E-state index is 5.95. The molecule has 0 aliphatic heterocycles. The maximum Gasteiger partial charge on any atom is 0.135 e. The number of rotatable bonds is 5. The zero-order valence-corrected chi connectivity index (χ0v) is 13.4. The summed E-state index contributed by atoms with van der Waals surface area (Å²) in [5.41, 5.74) is 0.983. The van der Waals surface area contributed by atoms with Crippen LogP contribution in [0.25, 0.3) is 11.3 Å². The molecule has 0 atom stereocenters. The molecule has 0 amide bonds. The van der Waals surface area contributed by atoms with Crippen LogP contribution in [-0.2, 0) is 13.1 Å². The van der Waals surface area contributed by atoms with Crippen LogP contribution in [0.2, 0.25) is 5.02 Å². The first-order valence-electron chi connectivity index (χ1n) is 6.49. The van der Waals surface area contributed by atoms with Gasteiger partial charge in [-0.1, -0.05) is 11.6 Å². The normalized spacial score (nSPS) is 11.0. The van der Waals surface area contributed by atoms with Gasteiger partial charge in [-0.05, 0) is 58.4 Å². The van der Waals surface area contributed by atoms with Crippen LogP contribution in [0.3, 0.4) is 0 Å². The minimum Gasteiger partial charge on any atom is -0.468 e. The minimum absolute atomic E-state index is 0.645. The molecule has 0 saturated heterocycles. The predicted molar refractivity (Wildman–Crippen MR) is 86.1 cm³/mol. The summed E-state index contributed by atoms with van der Waals surface area (Å²) in [4.78, 5) is 0. The number of furan rings is 2. The first-order valence-corrected chi connectivity index (χ1v) is 7.67. The summed E-state index contributed by atoms with van der Waals surface area (Å²) in [7, 11) is 0. The first-order chi connectivity index (χ1) is 10.2. The Morgan fingerprint density at radius 2 is 1.90 bits per heavy atom. The van der Waals surface area contributed by atoms with Gasteiger partial charge in [-0.3, -0.25) is 0 Å². The fourth-order valence-electron chi connectivity index (χ4n) is 2.03. The topological polar surface area (TPSA) is 38.3 Å². The number of benzene rings is 1. The molecule has 0 fully saturated rings. The van der Waals surface area contributed by atoms with Crippen LogP contribution >= 0.6 is 27.5 Å². The van der Waals surface area contributed by atoms with E-state index in [0.717, 1.165) is 27.3 Å². The second-order valence-electron chi connectivity index (χ2n) is 4.57. The first kappa shape index (κ1) is 14.4. The number of hydrogen-bond acceptors (Lipinski definition) is 3. The number of nitrogens with one attached hydrogen (secondary N) is 1. The number of halogens is 2. The third-order valence-electron chi connectivity index (χ3n) is 3.04. The van der Waals surface area contributed by atoms with Gasteiger partial charge in [0.05, 0.1) is 19.4 Å².